The van der Waals surface area contributed by atoms with Crippen molar-refractivity contribution in [2.24, 2.45) is 11.8 Å². The van der Waals surface area contributed by atoms with Crippen LogP contribution in [0, 0.1) is 11.8 Å². The van der Waals surface area contributed by atoms with Gasteiger partial charge in [0.05, 0.1) is 12.5 Å². The number of carbonyl (C=O) groups is 1. The summed E-state index contributed by atoms with van der Waals surface area (Å²) < 4.78 is 6.11. The van der Waals surface area contributed by atoms with Gasteiger partial charge in [-0.25, -0.2) is 0 Å². The lowest BCUT2D eigenvalue weighted by atomic mass is 9.74. The van der Waals surface area contributed by atoms with Crippen LogP contribution in [0.15, 0.2) is 46.1 Å². The number of allylic oxidation sites excluding steroid dienone is 6. The fraction of sp³-hybridized carbons (Fsp3) is 0.526. The van der Waals surface area contributed by atoms with Crippen molar-refractivity contribution in [3.63, 3.8) is 0 Å². The predicted molar refractivity (Wildman–Crippen MR) is 84.9 cm³/mol. The molecular weight excluding hydrogens is 260 g/mol. The van der Waals surface area contributed by atoms with Gasteiger partial charge in [-0.05, 0) is 52.0 Å². The first kappa shape index (κ1) is 14.5. The summed E-state index contributed by atoms with van der Waals surface area (Å²) in [6, 6.07) is 0. The molecule has 2 heteroatoms. The maximum atomic E-state index is 13.0. The molecule has 0 radical (unpaired) electrons. The Morgan fingerprint density at radius 2 is 1.90 bits per heavy atom. The van der Waals surface area contributed by atoms with Crippen LogP contribution >= 0.6 is 0 Å². The third-order valence-electron chi connectivity index (χ3n) is 5.20. The molecule has 0 bridgehead atoms. The highest BCUT2D eigenvalue weighted by Crippen LogP contribution is 2.39. The van der Waals surface area contributed by atoms with E-state index in [-0.39, 0.29) is 17.9 Å². The Hall–Kier alpha value is -1.41. The number of ketones is 1. The molecule has 112 valence electrons. The SMILES string of the molecule is CC1=CCC(C2COC3C(C)=C(C)CC(C)=C3C2=O)C=C1. The minimum absolute atomic E-state index is 0.0157. The van der Waals surface area contributed by atoms with E-state index >= 15 is 0 Å². The molecule has 21 heavy (non-hydrogen) atoms. The third-order valence-corrected chi connectivity index (χ3v) is 5.20. The average molecular weight is 284 g/mol. The summed E-state index contributed by atoms with van der Waals surface area (Å²) in [7, 11) is 0. The van der Waals surface area contributed by atoms with Gasteiger partial charge in [-0.3, -0.25) is 4.79 Å². The van der Waals surface area contributed by atoms with Crippen molar-refractivity contribution in [1.82, 2.24) is 0 Å². The van der Waals surface area contributed by atoms with Crippen molar-refractivity contribution in [3.8, 4) is 0 Å². The molecule has 0 amide bonds. The molecule has 2 aliphatic carbocycles. The molecule has 1 fully saturated rings. The molecule has 2 nitrogen and oxygen atoms in total. The monoisotopic (exact) mass is 284 g/mol. The van der Waals surface area contributed by atoms with Gasteiger partial charge in [0.25, 0.3) is 0 Å². The number of hydrogen-bond donors (Lipinski definition) is 0. The Morgan fingerprint density at radius 3 is 2.57 bits per heavy atom. The summed E-state index contributed by atoms with van der Waals surface area (Å²) >= 11 is 0. The standard InChI is InChI=1S/C19H24O2/c1-11-5-7-15(8-6-11)16-10-21-19-14(4)12(2)9-13(3)17(19)18(16)20/h5-7,15-16,19H,8-10H2,1-4H3. The average Bonchev–Trinajstić information content (AvgIpc) is 2.45. The van der Waals surface area contributed by atoms with Crippen LogP contribution in [0.25, 0.3) is 0 Å². The highest BCUT2D eigenvalue weighted by molar-refractivity contribution is 6.01. The molecule has 0 N–H and O–H groups in total. The van der Waals surface area contributed by atoms with Crippen LogP contribution in [0.4, 0.5) is 0 Å². The number of Topliss-reactive ketones (excluding diaryl/α,β-unsaturated/α-hetero) is 1. The van der Waals surface area contributed by atoms with Crippen molar-refractivity contribution in [2.75, 3.05) is 6.61 Å². The second-order valence-corrected chi connectivity index (χ2v) is 6.73. The Balaban J connectivity index is 1.86. The first-order chi connectivity index (χ1) is 9.99. The predicted octanol–water partition coefficient (Wildman–Crippen LogP) is 4.15. The Bertz CT molecular complexity index is 601. The zero-order chi connectivity index (χ0) is 15.1. The fourth-order valence-corrected chi connectivity index (χ4v) is 3.68. The number of hydrogen-bond acceptors (Lipinski definition) is 2. The second-order valence-electron chi connectivity index (χ2n) is 6.73. The van der Waals surface area contributed by atoms with Crippen LogP contribution < -0.4 is 0 Å². The number of fused-ring (bicyclic) bond motifs is 1. The molecule has 0 aromatic rings. The van der Waals surface area contributed by atoms with Crippen molar-refractivity contribution in [1.29, 1.82) is 0 Å². The van der Waals surface area contributed by atoms with E-state index < -0.39 is 0 Å². The lowest BCUT2D eigenvalue weighted by Crippen LogP contribution is -2.42. The summed E-state index contributed by atoms with van der Waals surface area (Å²) in [6.07, 6.45) is 8.32. The number of carbonyl (C=O) groups excluding carboxylic acids is 1. The largest absolute Gasteiger partial charge is 0.368 e. The molecule has 3 unspecified atom stereocenters. The van der Waals surface area contributed by atoms with Gasteiger partial charge < -0.3 is 4.74 Å². The summed E-state index contributed by atoms with van der Waals surface area (Å²) in [6.45, 7) is 8.99. The van der Waals surface area contributed by atoms with Gasteiger partial charge >= 0.3 is 0 Å². The fourth-order valence-electron chi connectivity index (χ4n) is 3.68. The van der Waals surface area contributed by atoms with Crippen LogP contribution in [-0.4, -0.2) is 18.5 Å². The van der Waals surface area contributed by atoms with Crippen molar-refractivity contribution in [3.05, 3.63) is 46.1 Å². The van der Waals surface area contributed by atoms with Crippen molar-refractivity contribution < 1.29 is 9.53 Å². The van der Waals surface area contributed by atoms with E-state index in [2.05, 4.69) is 45.9 Å². The summed E-state index contributed by atoms with van der Waals surface area (Å²) in [5.41, 5.74) is 6.01. The zero-order valence-corrected chi connectivity index (χ0v) is 13.4. The molecule has 3 atom stereocenters. The van der Waals surface area contributed by atoms with E-state index in [0.29, 0.717) is 12.4 Å². The first-order valence-corrected chi connectivity index (χ1v) is 7.85. The lowest BCUT2D eigenvalue weighted by Gasteiger charge is -2.38. The lowest BCUT2D eigenvalue weighted by molar-refractivity contribution is -0.128. The molecule has 0 saturated carbocycles. The number of rotatable bonds is 1. The van der Waals surface area contributed by atoms with Crippen molar-refractivity contribution >= 4 is 5.78 Å². The summed E-state index contributed by atoms with van der Waals surface area (Å²) in [5, 5.41) is 0. The molecule has 0 spiro atoms. The van der Waals surface area contributed by atoms with Crippen LogP contribution in [0.2, 0.25) is 0 Å². The van der Waals surface area contributed by atoms with Gasteiger partial charge in [0.2, 0.25) is 0 Å². The first-order valence-electron chi connectivity index (χ1n) is 7.85. The minimum atomic E-state index is -0.0904. The summed E-state index contributed by atoms with van der Waals surface area (Å²) in [4.78, 5) is 13.0. The second kappa shape index (κ2) is 5.42. The molecule has 1 saturated heterocycles. The van der Waals surface area contributed by atoms with E-state index in [1.54, 1.807) is 0 Å². The maximum absolute atomic E-state index is 13.0. The molecule has 3 rings (SSSR count). The van der Waals surface area contributed by atoms with E-state index in [1.165, 1.54) is 22.3 Å². The van der Waals surface area contributed by atoms with Crippen LogP contribution in [0.1, 0.15) is 40.5 Å². The van der Waals surface area contributed by atoms with Crippen LogP contribution in [-0.2, 0) is 9.53 Å². The van der Waals surface area contributed by atoms with Crippen LogP contribution in [0.5, 0.6) is 0 Å². The van der Waals surface area contributed by atoms with Gasteiger partial charge in [0, 0.05) is 5.57 Å². The van der Waals surface area contributed by atoms with Gasteiger partial charge in [-0.15, -0.1) is 0 Å². The Labute approximate surface area is 127 Å². The number of ether oxygens (including phenoxy) is 1. The smallest absolute Gasteiger partial charge is 0.167 e. The Morgan fingerprint density at radius 1 is 1.14 bits per heavy atom. The van der Waals surface area contributed by atoms with E-state index in [4.69, 9.17) is 4.74 Å². The van der Waals surface area contributed by atoms with Crippen molar-refractivity contribution in [2.45, 2.75) is 46.6 Å². The third kappa shape index (κ3) is 2.46. The molecular formula is C19H24O2. The minimum Gasteiger partial charge on any atom is -0.368 e. The van der Waals surface area contributed by atoms with E-state index in [0.717, 1.165) is 18.4 Å². The molecule has 3 aliphatic rings. The van der Waals surface area contributed by atoms with Gasteiger partial charge in [0.1, 0.15) is 6.10 Å². The molecule has 1 heterocycles. The maximum Gasteiger partial charge on any atom is 0.167 e. The molecule has 0 aromatic carbocycles. The van der Waals surface area contributed by atoms with Gasteiger partial charge in [-0.2, -0.15) is 0 Å². The summed E-state index contributed by atoms with van der Waals surface area (Å²) in [5.74, 6) is 0.589. The Kier molecular flexibility index (Phi) is 3.75. The topological polar surface area (TPSA) is 26.3 Å². The van der Waals surface area contributed by atoms with Crippen LogP contribution in [0.3, 0.4) is 0 Å². The van der Waals surface area contributed by atoms with E-state index in [9.17, 15) is 4.79 Å². The molecule has 0 aromatic heterocycles. The van der Waals surface area contributed by atoms with E-state index in [1.807, 2.05) is 0 Å². The quantitative estimate of drug-likeness (QED) is 0.676. The van der Waals surface area contributed by atoms with Gasteiger partial charge in [-0.1, -0.05) is 34.9 Å². The highest BCUT2D eigenvalue weighted by Gasteiger charge is 2.41. The zero-order valence-electron chi connectivity index (χ0n) is 13.4. The molecule has 1 aliphatic heterocycles. The normalized spacial score (nSPS) is 33.2. The highest BCUT2D eigenvalue weighted by atomic mass is 16.5. The van der Waals surface area contributed by atoms with Gasteiger partial charge in [0.15, 0.2) is 5.78 Å².